The Kier molecular flexibility index (Phi) is 3.96. The third kappa shape index (κ3) is 2.08. The summed E-state index contributed by atoms with van der Waals surface area (Å²) in [5.41, 5.74) is 2.30. The topological polar surface area (TPSA) is 17.0 Å². The maximum absolute atomic E-state index is 6.28. The van der Waals surface area contributed by atoms with E-state index in [9.17, 15) is 0 Å². The van der Waals surface area contributed by atoms with Gasteiger partial charge < -0.3 is 9.88 Å². The largest absolute Gasteiger partial charge is 0.341 e. The van der Waals surface area contributed by atoms with Crippen LogP contribution in [0.4, 0.5) is 0 Å². The number of nitrogens with one attached hydrogen (secondary N) is 1. The van der Waals surface area contributed by atoms with Crippen molar-refractivity contribution >= 4 is 62.4 Å². The highest BCUT2D eigenvalue weighted by Gasteiger charge is 2.18. The minimum atomic E-state index is 0. The molecule has 1 N–H and O–H groups in total. The van der Waals surface area contributed by atoms with Crippen molar-refractivity contribution in [3.05, 3.63) is 32.3 Å². The molecular weight excluding hydrogens is 346 g/mol. The van der Waals surface area contributed by atoms with Gasteiger partial charge in [-0.3, -0.25) is 0 Å². The van der Waals surface area contributed by atoms with Crippen LogP contribution in [0.1, 0.15) is 5.69 Å². The van der Waals surface area contributed by atoms with E-state index in [0.717, 1.165) is 35.0 Å². The third-order valence-corrected chi connectivity index (χ3v) is 4.36. The van der Waals surface area contributed by atoms with E-state index >= 15 is 0 Å². The first-order valence-corrected chi connectivity index (χ1v) is 6.59. The van der Waals surface area contributed by atoms with E-state index in [-0.39, 0.29) is 12.4 Å². The van der Waals surface area contributed by atoms with Gasteiger partial charge in [-0.25, -0.2) is 0 Å². The van der Waals surface area contributed by atoms with Crippen LogP contribution in [0.25, 0.3) is 10.9 Å². The van der Waals surface area contributed by atoms with Gasteiger partial charge in [-0.15, -0.1) is 12.4 Å². The van der Waals surface area contributed by atoms with Crippen LogP contribution in [0.5, 0.6) is 0 Å². The number of rotatable bonds is 0. The molecule has 0 unspecified atom stereocenters. The summed E-state index contributed by atoms with van der Waals surface area (Å²) >= 11 is 15.9. The average Bonchev–Trinajstić information content (AvgIpc) is 2.66. The van der Waals surface area contributed by atoms with E-state index < -0.39 is 0 Å². The first-order valence-electron chi connectivity index (χ1n) is 5.05. The van der Waals surface area contributed by atoms with Crippen LogP contribution in [-0.2, 0) is 13.1 Å². The fraction of sp³-hybridized carbons (Fsp3) is 0.273. The van der Waals surface area contributed by atoms with Gasteiger partial charge in [0.1, 0.15) is 0 Å². The summed E-state index contributed by atoms with van der Waals surface area (Å²) in [5.74, 6) is 0. The van der Waals surface area contributed by atoms with Crippen molar-refractivity contribution in [2.24, 2.45) is 0 Å². The normalized spacial score (nSPS) is 14.5. The molecule has 2 nitrogen and oxygen atoms in total. The molecule has 0 fully saturated rings. The Labute approximate surface area is 124 Å². The van der Waals surface area contributed by atoms with E-state index in [1.807, 2.05) is 6.07 Å². The van der Waals surface area contributed by atoms with Crippen LogP contribution >= 0.6 is 51.5 Å². The maximum atomic E-state index is 6.28. The highest BCUT2D eigenvalue weighted by atomic mass is 79.9. The summed E-state index contributed by atoms with van der Waals surface area (Å²) in [6, 6.07) is 4.01. The number of aromatic nitrogens is 1. The molecule has 0 saturated carbocycles. The summed E-state index contributed by atoms with van der Waals surface area (Å²) in [6.07, 6.45) is 0. The van der Waals surface area contributed by atoms with E-state index in [0.29, 0.717) is 10.0 Å². The Morgan fingerprint density at radius 3 is 2.82 bits per heavy atom. The molecule has 0 spiro atoms. The van der Waals surface area contributed by atoms with Crippen molar-refractivity contribution in [3.63, 3.8) is 0 Å². The number of benzene rings is 1. The molecule has 6 heteroatoms. The lowest BCUT2D eigenvalue weighted by Crippen LogP contribution is -2.27. The fourth-order valence-electron chi connectivity index (χ4n) is 2.20. The highest BCUT2D eigenvalue weighted by molar-refractivity contribution is 9.10. The zero-order valence-corrected chi connectivity index (χ0v) is 12.7. The van der Waals surface area contributed by atoms with E-state index in [1.54, 1.807) is 0 Å². The molecule has 0 amide bonds. The molecule has 0 aliphatic carbocycles. The molecule has 1 aliphatic rings. The van der Waals surface area contributed by atoms with Crippen LogP contribution in [0, 0.1) is 0 Å². The molecule has 1 aromatic heterocycles. The SMILES string of the molecule is Cl.Clc1cc(Br)c2cc3n(c2c1Cl)CCNC3. The molecule has 0 bridgehead atoms. The van der Waals surface area contributed by atoms with Crippen LogP contribution < -0.4 is 5.32 Å². The lowest BCUT2D eigenvalue weighted by atomic mass is 10.2. The predicted octanol–water partition coefficient (Wildman–Crippen LogP) is 4.24. The van der Waals surface area contributed by atoms with Gasteiger partial charge in [-0.2, -0.15) is 0 Å². The van der Waals surface area contributed by atoms with Gasteiger partial charge in [0.05, 0.1) is 15.6 Å². The molecule has 0 atom stereocenters. The van der Waals surface area contributed by atoms with Gasteiger partial charge in [0.2, 0.25) is 0 Å². The Bertz CT molecular complexity index is 580. The lowest BCUT2D eigenvalue weighted by molar-refractivity contribution is 0.527. The van der Waals surface area contributed by atoms with Gasteiger partial charge in [0.25, 0.3) is 0 Å². The predicted molar refractivity (Wildman–Crippen MR) is 78.6 cm³/mol. The van der Waals surface area contributed by atoms with Gasteiger partial charge in [-0.1, -0.05) is 39.1 Å². The number of halogens is 4. The zero-order chi connectivity index (χ0) is 11.3. The second kappa shape index (κ2) is 4.98. The minimum absolute atomic E-state index is 0. The fourth-order valence-corrected chi connectivity index (χ4v) is 3.32. The van der Waals surface area contributed by atoms with E-state index in [2.05, 4.69) is 31.9 Å². The van der Waals surface area contributed by atoms with Crippen molar-refractivity contribution < 1.29 is 0 Å². The van der Waals surface area contributed by atoms with Gasteiger partial charge in [-0.05, 0) is 12.1 Å². The maximum Gasteiger partial charge on any atom is 0.0836 e. The Hall–Kier alpha value is 0.0700. The molecule has 17 heavy (non-hydrogen) atoms. The molecule has 1 aromatic carbocycles. The van der Waals surface area contributed by atoms with Gasteiger partial charge >= 0.3 is 0 Å². The number of nitrogens with zero attached hydrogens (tertiary/aromatic N) is 1. The second-order valence-corrected chi connectivity index (χ2v) is 5.52. The third-order valence-electron chi connectivity index (χ3n) is 2.93. The van der Waals surface area contributed by atoms with Crippen molar-refractivity contribution in [3.8, 4) is 0 Å². The monoisotopic (exact) mass is 354 g/mol. The molecule has 92 valence electrons. The Morgan fingerprint density at radius 1 is 1.29 bits per heavy atom. The molecule has 2 aromatic rings. The molecule has 2 heterocycles. The van der Waals surface area contributed by atoms with Crippen molar-refractivity contribution in [1.82, 2.24) is 9.88 Å². The van der Waals surface area contributed by atoms with Crippen molar-refractivity contribution in [2.45, 2.75) is 13.1 Å². The molecule has 3 rings (SSSR count). The standard InChI is InChI=1S/C11H9BrCl2N2.ClH/c12-8-4-9(13)10(14)11-7(8)3-6-5-15-1-2-16(6)11;/h3-4,15H,1-2,5H2;1H. The summed E-state index contributed by atoms with van der Waals surface area (Å²) in [4.78, 5) is 0. The van der Waals surface area contributed by atoms with Crippen LogP contribution in [0.3, 0.4) is 0 Å². The van der Waals surface area contributed by atoms with Crippen LogP contribution in [-0.4, -0.2) is 11.1 Å². The summed E-state index contributed by atoms with van der Waals surface area (Å²) in [7, 11) is 0. The summed E-state index contributed by atoms with van der Waals surface area (Å²) in [6.45, 7) is 2.79. The minimum Gasteiger partial charge on any atom is -0.341 e. The Balaban J connectivity index is 0.00000108. The highest BCUT2D eigenvalue weighted by Crippen LogP contribution is 2.38. The smallest absolute Gasteiger partial charge is 0.0836 e. The van der Waals surface area contributed by atoms with Gasteiger partial charge in [0, 0.05) is 35.2 Å². The van der Waals surface area contributed by atoms with Crippen LogP contribution in [0.15, 0.2) is 16.6 Å². The van der Waals surface area contributed by atoms with E-state index in [1.165, 1.54) is 5.69 Å². The second-order valence-electron chi connectivity index (χ2n) is 3.88. The molecule has 1 aliphatic heterocycles. The van der Waals surface area contributed by atoms with Crippen LogP contribution in [0.2, 0.25) is 10.0 Å². The first kappa shape index (κ1) is 13.5. The average molecular weight is 356 g/mol. The van der Waals surface area contributed by atoms with Gasteiger partial charge in [0.15, 0.2) is 0 Å². The van der Waals surface area contributed by atoms with Crippen molar-refractivity contribution in [1.29, 1.82) is 0 Å². The zero-order valence-electron chi connectivity index (χ0n) is 8.77. The quantitative estimate of drug-likeness (QED) is 0.699. The summed E-state index contributed by atoms with van der Waals surface area (Å²) < 4.78 is 3.24. The number of hydrogen-bond acceptors (Lipinski definition) is 1. The number of fused-ring (bicyclic) bond motifs is 3. The lowest BCUT2D eigenvalue weighted by Gasteiger charge is -2.17. The molecule has 0 radical (unpaired) electrons. The Morgan fingerprint density at radius 2 is 2.06 bits per heavy atom. The van der Waals surface area contributed by atoms with E-state index in [4.69, 9.17) is 23.2 Å². The van der Waals surface area contributed by atoms with Crippen molar-refractivity contribution in [2.75, 3.05) is 6.54 Å². The summed E-state index contributed by atoms with van der Waals surface area (Å²) in [5, 5.41) is 5.72. The number of hydrogen-bond donors (Lipinski definition) is 1. The molecular formula is C11H10BrCl3N2. The first-order chi connectivity index (χ1) is 7.68. The molecule has 0 saturated heterocycles.